The standard InChI is InChI=1S/C21H27N3O/c1-16-14-24(15-18-7-4-5-10-22-18)11-9-20(16)23-13-19-12-17-6-2-3-8-21(17)25-19/h2-8,10,16,19-20,23H,9,11-15H2,1H3/t16-,19-,20-/m1/s1. The van der Waals surface area contributed by atoms with Crippen molar-refractivity contribution in [2.45, 2.75) is 38.5 Å². The van der Waals surface area contributed by atoms with E-state index < -0.39 is 0 Å². The molecule has 0 radical (unpaired) electrons. The Morgan fingerprint density at radius 1 is 1.20 bits per heavy atom. The normalized spacial score (nSPS) is 26.2. The highest BCUT2D eigenvalue weighted by Crippen LogP contribution is 2.28. The molecule has 0 amide bonds. The van der Waals surface area contributed by atoms with Gasteiger partial charge in [-0.15, -0.1) is 0 Å². The molecule has 3 atom stereocenters. The number of ether oxygens (including phenoxy) is 1. The number of hydrogen-bond acceptors (Lipinski definition) is 4. The van der Waals surface area contributed by atoms with E-state index in [1.165, 1.54) is 17.7 Å². The number of rotatable bonds is 5. The summed E-state index contributed by atoms with van der Waals surface area (Å²) < 4.78 is 6.05. The zero-order valence-corrected chi connectivity index (χ0v) is 14.9. The van der Waals surface area contributed by atoms with Crippen molar-refractivity contribution < 1.29 is 4.74 Å². The van der Waals surface area contributed by atoms with Crippen LogP contribution in [-0.4, -0.2) is 41.7 Å². The Kier molecular flexibility index (Phi) is 4.99. The fourth-order valence-corrected chi connectivity index (χ4v) is 4.05. The highest BCUT2D eigenvalue weighted by molar-refractivity contribution is 5.37. The number of benzene rings is 1. The molecule has 0 bridgehead atoms. The second kappa shape index (κ2) is 7.54. The van der Waals surface area contributed by atoms with Gasteiger partial charge in [-0.2, -0.15) is 0 Å². The molecule has 4 nitrogen and oxygen atoms in total. The van der Waals surface area contributed by atoms with Crippen molar-refractivity contribution >= 4 is 0 Å². The van der Waals surface area contributed by atoms with Crippen molar-refractivity contribution in [3.05, 3.63) is 59.9 Å². The topological polar surface area (TPSA) is 37.4 Å². The van der Waals surface area contributed by atoms with Crippen molar-refractivity contribution in [3.8, 4) is 5.75 Å². The van der Waals surface area contributed by atoms with Gasteiger partial charge in [0.25, 0.3) is 0 Å². The summed E-state index contributed by atoms with van der Waals surface area (Å²) in [5, 5.41) is 3.77. The smallest absolute Gasteiger partial charge is 0.123 e. The monoisotopic (exact) mass is 337 g/mol. The second-order valence-electron chi connectivity index (χ2n) is 7.39. The van der Waals surface area contributed by atoms with Crippen LogP contribution in [0.2, 0.25) is 0 Å². The van der Waals surface area contributed by atoms with E-state index in [1.54, 1.807) is 0 Å². The molecule has 0 spiro atoms. The Bertz CT molecular complexity index is 666. The Hall–Kier alpha value is -1.91. The lowest BCUT2D eigenvalue weighted by Gasteiger charge is -2.37. The number of para-hydroxylation sites is 1. The zero-order valence-electron chi connectivity index (χ0n) is 14.9. The average molecular weight is 337 g/mol. The van der Waals surface area contributed by atoms with Gasteiger partial charge >= 0.3 is 0 Å². The summed E-state index contributed by atoms with van der Waals surface area (Å²) in [6.45, 7) is 6.50. The minimum Gasteiger partial charge on any atom is -0.488 e. The summed E-state index contributed by atoms with van der Waals surface area (Å²) in [5.74, 6) is 1.70. The van der Waals surface area contributed by atoms with Gasteiger partial charge in [-0.05, 0) is 36.1 Å². The van der Waals surface area contributed by atoms with Crippen molar-refractivity contribution in [2.24, 2.45) is 5.92 Å². The molecule has 1 fully saturated rings. The predicted molar refractivity (Wildman–Crippen MR) is 99.6 cm³/mol. The predicted octanol–water partition coefficient (Wildman–Crippen LogP) is 2.89. The van der Waals surface area contributed by atoms with Gasteiger partial charge < -0.3 is 10.1 Å². The first kappa shape index (κ1) is 16.6. The molecule has 2 aliphatic rings. The number of fused-ring (bicyclic) bond motifs is 1. The van der Waals surface area contributed by atoms with E-state index in [4.69, 9.17) is 4.74 Å². The van der Waals surface area contributed by atoms with Crippen LogP contribution in [0.5, 0.6) is 5.75 Å². The third kappa shape index (κ3) is 4.02. The number of aromatic nitrogens is 1. The molecule has 0 saturated carbocycles. The number of likely N-dealkylation sites (tertiary alicyclic amines) is 1. The fourth-order valence-electron chi connectivity index (χ4n) is 4.05. The molecular formula is C21H27N3O. The Morgan fingerprint density at radius 2 is 2.08 bits per heavy atom. The van der Waals surface area contributed by atoms with Crippen LogP contribution in [0.4, 0.5) is 0 Å². The van der Waals surface area contributed by atoms with E-state index in [0.717, 1.165) is 38.3 Å². The summed E-state index contributed by atoms with van der Waals surface area (Å²) in [4.78, 5) is 6.97. The highest BCUT2D eigenvalue weighted by Gasteiger charge is 2.28. The molecule has 0 aliphatic carbocycles. The van der Waals surface area contributed by atoms with Gasteiger partial charge in [-0.3, -0.25) is 9.88 Å². The molecule has 3 heterocycles. The third-order valence-corrected chi connectivity index (χ3v) is 5.42. The lowest BCUT2D eigenvalue weighted by molar-refractivity contribution is 0.129. The third-order valence-electron chi connectivity index (χ3n) is 5.42. The lowest BCUT2D eigenvalue weighted by Crippen LogP contribution is -2.50. The van der Waals surface area contributed by atoms with Crippen molar-refractivity contribution in [2.75, 3.05) is 19.6 Å². The molecule has 0 unspecified atom stereocenters. The highest BCUT2D eigenvalue weighted by atomic mass is 16.5. The maximum Gasteiger partial charge on any atom is 0.123 e. The SMILES string of the molecule is C[C@@H]1CN(Cc2ccccn2)CC[C@H]1NC[C@H]1Cc2ccccc2O1. The largest absolute Gasteiger partial charge is 0.488 e. The molecule has 4 heteroatoms. The minimum absolute atomic E-state index is 0.274. The second-order valence-corrected chi connectivity index (χ2v) is 7.39. The molecule has 1 aromatic heterocycles. The number of pyridine rings is 1. The van der Waals surface area contributed by atoms with Gasteiger partial charge in [-0.25, -0.2) is 0 Å². The van der Waals surface area contributed by atoms with Crippen LogP contribution in [0, 0.1) is 5.92 Å². The Morgan fingerprint density at radius 3 is 2.88 bits per heavy atom. The summed E-state index contributed by atoms with van der Waals surface area (Å²) in [7, 11) is 0. The number of nitrogens with zero attached hydrogens (tertiary/aromatic N) is 2. The molecule has 4 rings (SSSR count). The molecule has 2 aliphatic heterocycles. The molecule has 1 aromatic carbocycles. The number of nitrogens with one attached hydrogen (secondary N) is 1. The molecule has 25 heavy (non-hydrogen) atoms. The summed E-state index contributed by atoms with van der Waals surface area (Å²) in [6.07, 6.45) is 4.37. The summed E-state index contributed by atoms with van der Waals surface area (Å²) >= 11 is 0. The Balaban J connectivity index is 1.24. The summed E-state index contributed by atoms with van der Waals surface area (Å²) in [6, 6.07) is 15.1. The fraction of sp³-hybridized carbons (Fsp3) is 0.476. The van der Waals surface area contributed by atoms with E-state index in [1.807, 2.05) is 18.3 Å². The van der Waals surface area contributed by atoms with Gasteiger partial charge in [0.05, 0.1) is 5.69 Å². The molecular weight excluding hydrogens is 310 g/mol. The molecule has 1 N–H and O–H groups in total. The van der Waals surface area contributed by atoms with Gasteiger partial charge in [0.15, 0.2) is 0 Å². The summed E-state index contributed by atoms with van der Waals surface area (Å²) in [5.41, 5.74) is 2.51. The van der Waals surface area contributed by atoms with E-state index in [9.17, 15) is 0 Å². The molecule has 132 valence electrons. The average Bonchev–Trinajstić information content (AvgIpc) is 3.05. The first-order valence-electron chi connectivity index (χ1n) is 9.38. The van der Waals surface area contributed by atoms with E-state index in [0.29, 0.717) is 12.0 Å². The first-order chi connectivity index (χ1) is 12.3. The van der Waals surface area contributed by atoms with Crippen molar-refractivity contribution in [1.82, 2.24) is 15.2 Å². The molecule has 1 saturated heterocycles. The van der Waals surface area contributed by atoms with Crippen molar-refractivity contribution in [1.29, 1.82) is 0 Å². The van der Waals surface area contributed by atoms with E-state index in [-0.39, 0.29) is 6.10 Å². The molecule has 2 aromatic rings. The van der Waals surface area contributed by atoms with Crippen LogP contribution < -0.4 is 10.1 Å². The number of hydrogen-bond donors (Lipinski definition) is 1. The van der Waals surface area contributed by atoms with Crippen LogP contribution in [0.25, 0.3) is 0 Å². The van der Waals surface area contributed by atoms with Crippen LogP contribution in [0.1, 0.15) is 24.6 Å². The number of piperidine rings is 1. The van der Waals surface area contributed by atoms with Crippen LogP contribution >= 0.6 is 0 Å². The van der Waals surface area contributed by atoms with Gasteiger partial charge in [-0.1, -0.05) is 31.2 Å². The maximum atomic E-state index is 6.05. The van der Waals surface area contributed by atoms with Gasteiger partial charge in [0.2, 0.25) is 0 Å². The lowest BCUT2D eigenvalue weighted by atomic mass is 9.93. The zero-order chi connectivity index (χ0) is 17.1. The van der Waals surface area contributed by atoms with Crippen LogP contribution in [0.3, 0.4) is 0 Å². The van der Waals surface area contributed by atoms with Crippen LogP contribution in [0.15, 0.2) is 48.7 Å². The first-order valence-corrected chi connectivity index (χ1v) is 9.38. The van der Waals surface area contributed by atoms with Gasteiger partial charge in [0.1, 0.15) is 11.9 Å². The minimum atomic E-state index is 0.274. The Labute approximate surface area is 150 Å². The van der Waals surface area contributed by atoms with Crippen LogP contribution in [-0.2, 0) is 13.0 Å². The van der Waals surface area contributed by atoms with Gasteiger partial charge in [0, 0.05) is 44.8 Å². The van der Waals surface area contributed by atoms with Crippen molar-refractivity contribution in [3.63, 3.8) is 0 Å². The quantitative estimate of drug-likeness (QED) is 0.910. The van der Waals surface area contributed by atoms with E-state index >= 15 is 0 Å². The van der Waals surface area contributed by atoms with E-state index in [2.05, 4.69) is 52.5 Å². The maximum absolute atomic E-state index is 6.05.